The van der Waals surface area contributed by atoms with Crippen molar-refractivity contribution in [2.75, 3.05) is 19.8 Å². The van der Waals surface area contributed by atoms with Gasteiger partial charge < -0.3 is 14.6 Å². The quantitative estimate of drug-likeness (QED) is 0.714. The third kappa shape index (κ3) is 6.18. The predicted octanol–water partition coefficient (Wildman–Crippen LogP) is 4.33. The van der Waals surface area contributed by atoms with Gasteiger partial charge in [0, 0.05) is 18.7 Å². The lowest BCUT2D eigenvalue weighted by Crippen LogP contribution is -2.02. The van der Waals surface area contributed by atoms with Crippen LogP contribution >= 0.6 is 34.8 Å². The van der Waals surface area contributed by atoms with Gasteiger partial charge in [-0.3, -0.25) is 0 Å². The van der Waals surface area contributed by atoms with Crippen LogP contribution in [0.5, 0.6) is 11.5 Å². The molecule has 0 radical (unpaired) electrons. The fraction of sp³-hybridized carbons (Fsp3) is 0.385. The van der Waals surface area contributed by atoms with Crippen molar-refractivity contribution in [1.82, 2.24) is 0 Å². The first-order valence-corrected chi connectivity index (χ1v) is 7.04. The average Bonchev–Trinajstić information content (AvgIpc) is 2.36. The number of aliphatic hydroxyl groups excluding tert-OH is 1. The van der Waals surface area contributed by atoms with E-state index >= 15 is 0 Å². The van der Waals surface area contributed by atoms with E-state index < -0.39 is 5.82 Å². The first-order valence-electron chi connectivity index (χ1n) is 5.91. The van der Waals surface area contributed by atoms with E-state index in [4.69, 9.17) is 49.4 Å². The summed E-state index contributed by atoms with van der Waals surface area (Å²) in [6.45, 7) is 0.458. The number of hydrogen-bond donors (Lipinski definition) is 1. The molecule has 0 spiro atoms. The summed E-state index contributed by atoms with van der Waals surface area (Å²) in [6, 6.07) is 2.62. The molecule has 0 atom stereocenters. The van der Waals surface area contributed by atoms with Crippen LogP contribution in [-0.4, -0.2) is 24.9 Å². The van der Waals surface area contributed by atoms with Crippen LogP contribution in [0.15, 0.2) is 22.7 Å². The molecule has 0 saturated carbocycles. The van der Waals surface area contributed by atoms with Gasteiger partial charge in [0.15, 0.2) is 11.6 Å². The Hall–Kier alpha value is -0.680. The van der Waals surface area contributed by atoms with Crippen LogP contribution in [0.4, 0.5) is 4.39 Å². The molecule has 0 aliphatic heterocycles. The van der Waals surface area contributed by atoms with Crippen molar-refractivity contribution in [3.05, 3.63) is 33.5 Å². The third-order valence-corrected chi connectivity index (χ3v) is 2.85. The van der Waals surface area contributed by atoms with Gasteiger partial charge >= 0.3 is 0 Å². The highest BCUT2D eigenvalue weighted by molar-refractivity contribution is 6.55. The molecule has 1 N–H and O–H groups in total. The lowest BCUT2D eigenvalue weighted by molar-refractivity contribution is 0.248. The maximum absolute atomic E-state index is 13.8. The lowest BCUT2D eigenvalue weighted by atomic mass is 10.3. The van der Waals surface area contributed by atoms with Crippen molar-refractivity contribution in [2.24, 2.45) is 0 Å². The maximum Gasteiger partial charge on any atom is 0.173 e. The summed E-state index contributed by atoms with van der Waals surface area (Å²) in [5.74, 6) is -0.388. The SMILES string of the molecule is OCCCCOc1c(F)cc(OCC=C(Cl)Cl)cc1Cl. The lowest BCUT2D eigenvalue weighted by Gasteiger charge is -2.11. The highest BCUT2D eigenvalue weighted by atomic mass is 35.5. The first-order chi connectivity index (χ1) is 9.54. The second-order valence-corrected chi connectivity index (χ2v) is 5.22. The summed E-state index contributed by atoms with van der Waals surface area (Å²) in [6.07, 6.45) is 2.63. The molecule has 1 aromatic carbocycles. The normalized spacial score (nSPS) is 10.2. The van der Waals surface area contributed by atoms with Gasteiger partial charge in [0.1, 0.15) is 16.8 Å². The van der Waals surface area contributed by atoms with Crippen molar-refractivity contribution in [2.45, 2.75) is 12.8 Å². The van der Waals surface area contributed by atoms with Crippen LogP contribution in [0.3, 0.4) is 0 Å². The molecule has 0 fully saturated rings. The number of unbranched alkanes of at least 4 members (excludes halogenated alkanes) is 1. The van der Waals surface area contributed by atoms with Gasteiger partial charge in [-0.15, -0.1) is 0 Å². The zero-order valence-electron chi connectivity index (χ0n) is 10.5. The molecule has 0 saturated heterocycles. The Balaban J connectivity index is 2.63. The van der Waals surface area contributed by atoms with Gasteiger partial charge in [0.2, 0.25) is 0 Å². The minimum absolute atomic E-state index is 0.0251. The van der Waals surface area contributed by atoms with Crippen molar-refractivity contribution >= 4 is 34.8 Å². The standard InChI is InChI=1S/C13H14Cl3FO3/c14-10-7-9(19-6-3-12(15)16)8-11(17)13(10)20-5-2-1-4-18/h3,7-8,18H,1-2,4-6H2. The smallest absolute Gasteiger partial charge is 0.173 e. The molecular weight excluding hydrogens is 329 g/mol. The van der Waals surface area contributed by atoms with Gasteiger partial charge in [-0.05, 0) is 18.9 Å². The summed E-state index contributed by atoms with van der Waals surface area (Å²) in [5.41, 5.74) is 0. The van der Waals surface area contributed by atoms with Crippen LogP contribution in [0.25, 0.3) is 0 Å². The molecule has 0 amide bonds. The van der Waals surface area contributed by atoms with Crippen LogP contribution in [0.1, 0.15) is 12.8 Å². The molecule has 1 rings (SSSR count). The predicted molar refractivity (Wildman–Crippen MR) is 78.5 cm³/mol. The first kappa shape index (κ1) is 17.4. The summed E-state index contributed by atoms with van der Waals surface area (Å²) < 4.78 is 24.3. The molecule has 0 heterocycles. The van der Waals surface area contributed by atoms with Gasteiger partial charge in [0.25, 0.3) is 0 Å². The van der Waals surface area contributed by atoms with E-state index in [1.54, 1.807) is 0 Å². The fourth-order valence-corrected chi connectivity index (χ4v) is 1.73. The molecule has 112 valence electrons. The second kappa shape index (κ2) is 9.29. The Kier molecular flexibility index (Phi) is 8.07. The van der Waals surface area contributed by atoms with Crippen molar-refractivity contribution in [3.63, 3.8) is 0 Å². The maximum atomic E-state index is 13.8. The van der Waals surface area contributed by atoms with E-state index in [2.05, 4.69) is 0 Å². The summed E-state index contributed by atoms with van der Waals surface area (Å²) in [7, 11) is 0. The van der Waals surface area contributed by atoms with Crippen LogP contribution in [0, 0.1) is 5.82 Å². The molecular formula is C13H14Cl3FO3. The van der Waals surface area contributed by atoms with Gasteiger partial charge in [0.05, 0.1) is 11.6 Å². The number of benzene rings is 1. The van der Waals surface area contributed by atoms with E-state index in [1.807, 2.05) is 0 Å². The zero-order chi connectivity index (χ0) is 15.0. The van der Waals surface area contributed by atoms with E-state index in [0.717, 1.165) is 0 Å². The van der Waals surface area contributed by atoms with E-state index in [0.29, 0.717) is 12.8 Å². The number of rotatable bonds is 8. The molecule has 0 aliphatic rings. The largest absolute Gasteiger partial charge is 0.489 e. The highest BCUT2D eigenvalue weighted by Gasteiger charge is 2.11. The number of ether oxygens (including phenoxy) is 2. The summed E-state index contributed by atoms with van der Waals surface area (Å²) >= 11 is 16.8. The topological polar surface area (TPSA) is 38.7 Å². The van der Waals surface area contributed by atoms with Gasteiger partial charge in [-0.25, -0.2) is 4.39 Å². The Labute approximate surface area is 131 Å². The average molecular weight is 344 g/mol. The fourth-order valence-electron chi connectivity index (χ4n) is 1.35. The molecule has 0 aliphatic carbocycles. The molecule has 0 unspecified atom stereocenters. The van der Waals surface area contributed by atoms with E-state index in [1.165, 1.54) is 18.2 Å². The molecule has 1 aromatic rings. The number of halogens is 4. The summed E-state index contributed by atoms with van der Waals surface area (Å²) in [5, 5.41) is 8.75. The van der Waals surface area contributed by atoms with Crippen molar-refractivity contribution in [1.29, 1.82) is 0 Å². The molecule has 0 aromatic heterocycles. The van der Waals surface area contributed by atoms with E-state index in [-0.39, 0.29) is 40.8 Å². The molecule has 3 nitrogen and oxygen atoms in total. The Morgan fingerprint density at radius 1 is 1.25 bits per heavy atom. The van der Waals surface area contributed by atoms with Crippen molar-refractivity contribution < 1.29 is 19.0 Å². The highest BCUT2D eigenvalue weighted by Crippen LogP contribution is 2.32. The van der Waals surface area contributed by atoms with Gasteiger partial charge in [-0.1, -0.05) is 34.8 Å². The third-order valence-electron chi connectivity index (χ3n) is 2.26. The Bertz CT molecular complexity index is 439. The van der Waals surface area contributed by atoms with E-state index in [9.17, 15) is 4.39 Å². The molecule has 20 heavy (non-hydrogen) atoms. The summed E-state index contributed by atoms with van der Waals surface area (Å²) in [4.78, 5) is 0. The minimum Gasteiger partial charge on any atom is -0.489 e. The number of hydrogen-bond acceptors (Lipinski definition) is 3. The minimum atomic E-state index is -0.613. The van der Waals surface area contributed by atoms with Crippen LogP contribution < -0.4 is 9.47 Å². The second-order valence-electron chi connectivity index (χ2n) is 3.80. The monoisotopic (exact) mass is 342 g/mol. The van der Waals surface area contributed by atoms with Crippen LogP contribution in [0.2, 0.25) is 5.02 Å². The zero-order valence-corrected chi connectivity index (χ0v) is 12.8. The Morgan fingerprint density at radius 2 is 2.00 bits per heavy atom. The van der Waals surface area contributed by atoms with Crippen LogP contribution in [-0.2, 0) is 0 Å². The van der Waals surface area contributed by atoms with Gasteiger partial charge in [-0.2, -0.15) is 0 Å². The number of aliphatic hydroxyl groups is 1. The van der Waals surface area contributed by atoms with Crippen molar-refractivity contribution in [3.8, 4) is 11.5 Å². The molecule has 7 heteroatoms. The Morgan fingerprint density at radius 3 is 2.60 bits per heavy atom. The molecule has 0 bridgehead atoms.